The van der Waals surface area contributed by atoms with E-state index in [0.717, 1.165) is 0 Å². The van der Waals surface area contributed by atoms with Crippen LogP contribution in [0.2, 0.25) is 5.02 Å². The second kappa shape index (κ2) is 9.03. The number of hydrogen-bond acceptors (Lipinski definition) is 4. The first kappa shape index (κ1) is 22.5. The summed E-state index contributed by atoms with van der Waals surface area (Å²) in [7, 11) is -3.81. The number of amides is 1. The third-order valence-corrected chi connectivity index (χ3v) is 7.55. The highest BCUT2D eigenvalue weighted by atomic mass is 35.5. The van der Waals surface area contributed by atoms with Crippen molar-refractivity contribution < 1.29 is 17.6 Å². The third kappa shape index (κ3) is 4.56. The van der Waals surface area contributed by atoms with Gasteiger partial charge in [-0.2, -0.15) is 8.42 Å². The molecule has 0 radical (unpaired) electrons. The molecule has 2 aromatic carbocycles. The molecule has 0 atom stereocenters. The molecular weight excluding hydrogens is 453 g/mol. The van der Waals surface area contributed by atoms with E-state index in [-0.39, 0.29) is 29.1 Å². The van der Waals surface area contributed by atoms with Gasteiger partial charge in [-0.15, -0.1) is 4.40 Å². The Morgan fingerprint density at radius 3 is 2.47 bits per heavy atom. The van der Waals surface area contributed by atoms with Crippen LogP contribution in [0, 0.1) is 11.7 Å². The smallest absolute Gasteiger partial charge is 0.285 e. The molecule has 2 heterocycles. The van der Waals surface area contributed by atoms with Gasteiger partial charge < -0.3 is 10.2 Å². The lowest BCUT2D eigenvalue weighted by Crippen LogP contribution is -2.43. The number of halogens is 2. The summed E-state index contributed by atoms with van der Waals surface area (Å²) < 4.78 is 43.2. The van der Waals surface area contributed by atoms with Gasteiger partial charge in [0.15, 0.2) is 0 Å². The van der Waals surface area contributed by atoms with E-state index >= 15 is 0 Å². The summed E-state index contributed by atoms with van der Waals surface area (Å²) in [6.07, 6.45) is 1.12. The van der Waals surface area contributed by atoms with Crippen molar-refractivity contribution in [1.82, 2.24) is 10.2 Å². The highest BCUT2D eigenvalue weighted by molar-refractivity contribution is 8.00. The molecule has 0 aromatic heterocycles. The maximum atomic E-state index is 13.7. The zero-order valence-electron chi connectivity index (χ0n) is 17.5. The van der Waals surface area contributed by atoms with Gasteiger partial charge in [-0.3, -0.25) is 4.79 Å². The van der Waals surface area contributed by atoms with Crippen molar-refractivity contribution in [2.45, 2.75) is 26.3 Å². The molecular formula is C23H23ClFN3O3S. The van der Waals surface area contributed by atoms with Crippen molar-refractivity contribution in [3.05, 3.63) is 76.1 Å². The van der Waals surface area contributed by atoms with E-state index in [1.807, 2.05) is 4.90 Å². The molecule has 0 spiro atoms. The van der Waals surface area contributed by atoms with Crippen molar-refractivity contribution >= 4 is 38.3 Å². The minimum absolute atomic E-state index is 0.122. The van der Waals surface area contributed by atoms with Gasteiger partial charge in [0.05, 0.1) is 0 Å². The standard InChI is InChI=1S/C23H23ClFN3O3S/c1-15-21(16-6-8-19(24)9-7-16)32(30,31)27-22(15)28-12-10-17(11-13-28)23(29)26-14-18-4-2-3-5-20(18)25/h2-9,17H,10-14H2,1H3,(H,26,29). The molecule has 1 N–H and O–H groups in total. The first-order valence-corrected chi connectivity index (χ1v) is 12.2. The van der Waals surface area contributed by atoms with Crippen LogP contribution in [0.1, 0.15) is 30.9 Å². The summed E-state index contributed by atoms with van der Waals surface area (Å²) in [5, 5.41) is 3.33. The molecule has 0 unspecified atom stereocenters. The molecule has 0 aliphatic carbocycles. The van der Waals surface area contributed by atoms with E-state index in [1.165, 1.54) is 6.07 Å². The van der Waals surface area contributed by atoms with Gasteiger partial charge in [0.2, 0.25) is 5.91 Å². The zero-order valence-corrected chi connectivity index (χ0v) is 19.1. The molecule has 4 rings (SSSR count). The maximum absolute atomic E-state index is 13.7. The van der Waals surface area contributed by atoms with Crippen molar-refractivity contribution in [3.63, 3.8) is 0 Å². The lowest BCUT2D eigenvalue weighted by atomic mass is 9.95. The van der Waals surface area contributed by atoms with Gasteiger partial charge >= 0.3 is 0 Å². The quantitative estimate of drug-likeness (QED) is 0.725. The number of carbonyl (C=O) groups is 1. The second-order valence-electron chi connectivity index (χ2n) is 7.92. The molecule has 32 heavy (non-hydrogen) atoms. The van der Waals surface area contributed by atoms with Crippen molar-refractivity contribution in [1.29, 1.82) is 0 Å². The number of nitrogens with zero attached hydrogens (tertiary/aromatic N) is 2. The van der Waals surface area contributed by atoms with Crippen LogP contribution in [0.25, 0.3) is 4.91 Å². The Bertz CT molecular complexity index is 1200. The average Bonchev–Trinajstić information content (AvgIpc) is 3.02. The molecule has 168 valence electrons. The molecule has 9 heteroatoms. The van der Waals surface area contributed by atoms with Crippen LogP contribution in [0.3, 0.4) is 0 Å². The van der Waals surface area contributed by atoms with Gasteiger partial charge in [-0.25, -0.2) is 4.39 Å². The highest BCUT2D eigenvalue weighted by Crippen LogP contribution is 2.35. The van der Waals surface area contributed by atoms with E-state index in [1.54, 1.807) is 49.4 Å². The Morgan fingerprint density at radius 1 is 1.16 bits per heavy atom. The molecule has 2 aliphatic heterocycles. The Kier molecular flexibility index (Phi) is 6.35. The minimum atomic E-state index is -3.81. The SMILES string of the molecule is CC1=C(c2ccc(Cl)cc2)S(=O)(=O)N=C1N1CCC(C(=O)NCc2ccccc2F)CC1. The van der Waals surface area contributed by atoms with E-state index in [4.69, 9.17) is 11.6 Å². The molecule has 1 fully saturated rings. The lowest BCUT2D eigenvalue weighted by Gasteiger charge is -2.32. The maximum Gasteiger partial charge on any atom is 0.285 e. The van der Waals surface area contributed by atoms with Crippen LogP contribution in [-0.4, -0.2) is 38.2 Å². The molecule has 2 aliphatic rings. The summed E-state index contributed by atoms with van der Waals surface area (Å²) in [6.45, 7) is 2.91. The lowest BCUT2D eigenvalue weighted by molar-refractivity contribution is -0.126. The van der Waals surface area contributed by atoms with Gasteiger partial charge in [0.1, 0.15) is 16.6 Å². The van der Waals surface area contributed by atoms with Crippen LogP contribution in [0.4, 0.5) is 4.39 Å². The number of piperidine rings is 1. The number of sulfonamides is 1. The first-order chi connectivity index (χ1) is 15.3. The second-order valence-corrected chi connectivity index (χ2v) is 9.90. The number of likely N-dealkylation sites (tertiary alicyclic amines) is 1. The normalized spacial score (nSPS) is 18.6. The van der Waals surface area contributed by atoms with Crippen molar-refractivity contribution in [2.75, 3.05) is 13.1 Å². The first-order valence-electron chi connectivity index (χ1n) is 10.3. The largest absolute Gasteiger partial charge is 0.356 e. The van der Waals surface area contributed by atoms with E-state index in [2.05, 4.69) is 9.71 Å². The fraction of sp³-hybridized carbons (Fsp3) is 0.304. The fourth-order valence-electron chi connectivity index (χ4n) is 4.11. The third-order valence-electron chi connectivity index (χ3n) is 5.82. The van der Waals surface area contributed by atoms with E-state index in [9.17, 15) is 17.6 Å². The fourth-order valence-corrected chi connectivity index (χ4v) is 5.72. The molecule has 0 bridgehead atoms. The molecule has 1 amide bonds. The number of hydrogen-bond donors (Lipinski definition) is 1. The number of carbonyl (C=O) groups excluding carboxylic acids is 1. The van der Waals surface area contributed by atoms with Gasteiger partial charge in [0, 0.05) is 41.7 Å². The van der Waals surface area contributed by atoms with Crippen molar-refractivity contribution in [2.24, 2.45) is 10.3 Å². The van der Waals surface area contributed by atoms with Gasteiger partial charge in [-0.1, -0.05) is 41.9 Å². The highest BCUT2D eigenvalue weighted by Gasteiger charge is 2.35. The van der Waals surface area contributed by atoms with Crippen LogP contribution in [-0.2, 0) is 21.4 Å². The molecule has 0 saturated carbocycles. The predicted octanol–water partition coefficient (Wildman–Crippen LogP) is 3.98. The zero-order chi connectivity index (χ0) is 22.9. The number of nitrogens with one attached hydrogen (secondary N) is 1. The monoisotopic (exact) mass is 475 g/mol. The summed E-state index contributed by atoms with van der Waals surface area (Å²) in [5.41, 5.74) is 1.59. The Balaban J connectivity index is 1.41. The Hall–Kier alpha value is -2.71. The minimum Gasteiger partial charge on any atom is -0.356 e. The predicted molar refractivity (Wildman–Crippen MR) is 123 cm³/mol. The van der Waals surface area contributed by atoms with E-state index < -0.39 is 10.0 Å². The molecule has 1 saturated heterocycles. The van der Waals surface area contributed by atoms with Gasteiger partial charge in [-0.05, 0) is 43.5 Å². The number of amidine groups is 1. The Morgan fingerprint density at radius 2 is 1.81 bits per heavy atom. The molecule has 6 nitrogen and oxygen atoms in total. The molecule has 2 aromatic rings. The van der Waals surface area contributed by atoms with Crippen LogP contribution in [0.5, 0.6) is 0 Å². The number of benzene rings is 2. The van der Waals surface area contributed by atoms with Crippen LogP contribution >= 0.6 is 11.6 Å². The van der Waals surface area contributed by atoms with Crippen LogP contribution in [0.15, 0.2) is 58.5 Å². The average molecular weight is 476 g/mol. The number of rotatable bonds is 4. The van der Waals surface area contributed by atoms with Gasteiger partial charge in [0.25, 0.3) is 10.0 Å². The topological polar surface area (TPSA) is 78.8 Å². The summed E-state index contributed by atoms with van der Waals surface area (Å²) in [5.74, 6) is -0.248. The summed E-state index contributed by atoms with van der Waals surface area (Å²) in [6, 6.07) is 13.0. The van der Waals surface area contributed by atoms with Crippen molar-refractivity contribution in [3.8, 4) is 0 Å². The Labute approximate surface area is 191 Å². The summed E-state index contributed by atoms with van der Waals surface area (Å²) >= 11 is 5.93. The van der Waals surface area contributed by atoms with Crippen LogP contribution < -0.4 is 5.32 Å². The van der Waals surface area contributed by atoms with E-state index in [0.29, 0.717) is 53.5 Å². The summed E-state index contributed by atoms with van der Waals surface area (Å²) in [4.78, 5) is 14.6.